The van der Waals surface area contributed by atoms with Gasteiger partial charge in [0.2, 0.25) is 0 Å². The Morgan fingerprint density at radius 3 is 2.49 bits per heavy atom. The lowest BCUT2D eigenvalue weighted by atomic mass is 9.99. The second-order valence-corrected chi connectivity index (χ2v) is 11.5. The molecular formula is C29H36N6O4. The van der Waals surface area contributed by atoms with Gasteiger partial charge in [-0.15, -0.1) is 0 Å². The molecule has 0 N–H and O–H groups in total. The Kier molecular flexibility index (Phi) is 6.84. The molecule has 206 valence electrons. The maximum Gasteiger partial charge on any atom is 0.410 e. The number of benzene rings is 1. The van der Waals surface area contributed by atoms with E-state index < -0.39 is 11.1 Å². The highest BCUT2D eigenvalue weighted by atomic mass is 16.7. The van der Waals surface area contributed by atoms with Crippen molar-refractivity contribution in [2.75, 3.05) is 38.4 Å². The highest BCUT2D eigenvalue weighted by Gasteiger charge is 2.39. The van der Waals surface area contributed by atoms with E-state index in [0.29, 0.717) is 25.4 Å². The summed E-state index contributed by atoms with van der Waals surface area (Å²) >= 11 is 0. The number of rotatable bonds is 5. The van der Waals surface area contributed by atoms with Crippen LogP contribution < -0.4 is 9.64 Å². The van der Waals surface area contributed by atoms with Crippen LogP contribution in [0.3, 0.4) is 0 Å². The largest absolute Gasteiger partial charge is 0.467 e. The van der Waals surface area contributed by atoms with Gasteiger partial charge in [0.25, 0.3) is 0 Å². The normalized spacial score (nSPS) is 15.7. The molecule has 0 aliphatic carbocycles. The van der Waals surface area contributed by atoms with Crippen LogP contribution in [0.15, 0.2) is 42.6 Å². The molecule has 1 fully saturated rings. The Balaban J connectivity index is 1.41. The van der Waals surface area contributed by atoms with Gasteiger partial charge in [-0.25, -0.2) is 14.8 Å². The molecule has 10 heteroatoms. The summed E-state index contributed by atoms with van der Waals surface area (Å²) in [6.07, 6.45) is 1.69. The number of methoxy groups -OCH3 is 1. The van der Waals surface area contributed by atoms with Crippen molar-refractivity contribution in [3.05, 3.63) is 42.6 Å². The van der Waals surface area contributed by atoms with E-state index in [1.165, 1.54) is 0 Å². The van der Waals surface area contributed by atoms with Crippen molar-refractivity contribution in [3.8, 4) is 17.0 Å². The van der Waals surface area contributed by atoms with Gasteiger partial charge in [0.15, 0.2) is 6.79 Å². The van der Waals surface area contributed by atoms with Gasteiger partial charge in [-0.05, 0) is 65.0 Å². The molecule has 0 radical (unpaired) electrons. The molecule has 0 atom stereocenters. The Labute approximate surface area is 228 Å². The first kappa shape index (κ1) is 26.7. The molecule has 1 aliphatic rings. The van der Waals surface area contributed by atoms with Gasteiger partial charge < -0.3 is 19.1 Å². The summed E-state index contributed by atoms with van der Waals surface area (Å²) < 4.78 is 18.4. The Morgan fingerprint density at radius 1 is 1.03 bits per heavy atom. The van der Waals surface area contributed by atoms with Gasteiger partial charge in [-0.3, -0.25) is 9.58 Å². The summed E-state index contributed by atoms with van der Waals surface area (Å²) in [6.45, 7) is 11.8. The fourth-order valence-electron chi connectivity index (χ4n) is 4.95. The third-order valence-corrected chi connectivity index (χ3v) is 6.70. The van der Waals surface area contributed by atoms with E-state index in [1.54, 1.807) is 11.8 Å². The van der Waals surface area contributed by atoms with Crippen molar-refractivity contribution in [1.82, 2.24) is 24.6 Å². The van der Waals surface area contributed by atoms with E-state index in [1.807, 2.05) is 75.3 Å². The van der Waals surface area contributed by atoms with Crippen molar-refractivity contribution in [1.29, 1.82) is 0 Å². The first-order valence-electron chi connectivity index (χ1n) is 13.1. The van der Waals surface area contributed by atoms with Crippen molar-refractivity contribution in [2.24, 2.45) is 7.05 Å². The third-order valence-electron chi connectivity index (χ3n) is 6.70. The van der Waals surface area contributed by atoms with Crippen LogP contribution in [-0.4, -0.2) is 75.4 Å². The number of carbonyl (C=O) groups excluding carboxylic acids is 1. The molecule has 3 aromatic heterocycles. The zero-order valence-corrected chi connectivity index (χ0v) is 23.7. The molecule has 0 saturated carbocycles. The van der Waals surface area contributed by atoms with Crippen LogP contribution in [0.2, 0.25) is 0 Å². The summed E-state index contributed by atoms with van der Waals surface area (Å²) in [5, 5.41) is 5.49. The lowest BCUT2D eigenvalue weighted by molar-refractivity contribution is 0.000310. The molecule has 4 heterocycles. The monoisotopic (exact) mass is 532 g/mol. The number of amides is 1. The minimum absolute atomic E-state index is 0.126. The molecule has 10 nitrogen and oxygen atoms in total. The molecule has 1 aromatic carbocycles. The van der Waals surface area contributed by atoms with Crippen LogP contribution in [0, 0.1) is 0 Å². The average Bonchev–Trinajstić information content (AvgIpc) is 3.23. The summed E-state index contributed by atoms with van der Waals surface area (Å²) in [4.78, 5) is 26.6. The van der Waals surface area contributed by atoms with Crippen molar-refractivity contribution in [2.45, 2.75) is 45.8 Å². The van der Waals surface area contributed by atoms with E-state index in [0.717, 1.165) is 39.0 Å². The second-order valence-electron chi connectivity index (χ2n) is 11.5. The van der Waals surface area contributed by atoms with Crippen LogP contribution in [0.25, 0.3) is 33.2 Å². The number of anilines is 1. The Morgan fingerprint density at radius 2 is 1.77 bits per heavy atom. The third kappa shape index (κ3) is 5.61. The summed E-state index contributed by atoms with van der Waals surface area (Å²) in [5.41, 5.74) is 3.12. The Hall–Kier alpha value is -3.92. The summed E-state index contributed by atoms with van der Waals surface area (Å²) in [6, 6.07) is 11.9. The highest BCUT2D eigenvalue weighted by Crippen LogP contribution is 2.34. The van der Waals surface area contributed by atoms with Crippen LogP contribution in [0.1, 0.15) is 34.6 Å². The number of fused-ring (bicyclic) bond motifs is 2. The topological polar surface area (TPSA) is 94.8 Å². The zero-order valence-electron chi connectivity index (χ0n) is 23.7. The lowest BCUT2D eigenvalue weighted by Crippen LogP contribution is -2.62. The van der Waals surface area contributed by atoms with E-state index in [2.05, 4.69) is 23.8 Å². The van der Waals surface area contributed by atoms with Crippen molar-refractivity contribution in [3.63, 3.8) is 0 Å². The SMILES string of the molecule is COCOc1cc2nn(C)cc2cc1-c1ccc2nc(N3CCN(C(=O)OC(C)(C)C)C(C)(C)C3)ccc2n1. The lowest BCUT2D eigenvalue weighted by Gasteiger charge is -2.47. The maximum atomic E-state index is 12.8. The molecule has 5 rings (SSSR count). The molecule has 1 aliphatic heterocycles. The fraction of sp³-hybridized carbons (Fsp3) is 0.448. The number of aryl methyl sites for hydroxylation is 1. The number of piperazine rings is 1. The molecule has 1 saturated heterocycles. The van der Waals surface area contributed by atoms with Gasteiger partial charge >= 0.3 is 6.09 Å². The predicted octanol–water partition coefficient (Wildman–Crippen LogP) is 5.00. The van der Waals surface area contributed by atoms with Gasteiger partial charge in [-0.1, -0.05) is 0 Å². The standard InChI is InChI=1S/C29H36N6O4/c1-28(2,3)39-27(36)35-13-12-34(17-29(35,4)5)26-11-10-22-23(31-26)9-8-21(30-22)20-14-19-16-33(6)32-24(19)15-25(20)38-18-37-7/h8-11,14-16H,12-13,17-18H2,1-7H3. The number of carbonyl (C=O) groups is 1. The smallest absolute Gasteiger partial charge is 0.410 e. The van der Waals surface area contributed by atoms with Crippen LogP contribution in [-0.2, 0) is 16.5 Å². The quantitative estimate of drug-likeness (QED) is 0.332. The van der Waals surface area contributed by atoms with Crippen LogP contribution in [0.5, 0.6) is 5.75 Å². The number of nitrogens with zero attached hydrogens (tertiary/aromatic N) is 6. The van der Waals surface area contributed by atoms with Crippen molar-refractivity contribution >= 4 is 33.8 Å². The number of hydrogen-bond donors (Lipinski definition) is 0. The van der Waals surface area contributed by atoms with E-state index in [9.17, 15) is 4.79 Å². The van der Waals surface area contributed by atoms with Crippen LogP contribution >= 0.6 is 0 Å². The minimum atomic E-state index is -0.531. The zero-order chi connectivity index (χ0) is 27.9. The first-order valence-corrected chi connectivity index (χ1v) is 13.1. The van der Waals surface area contributed by atoms with Gasteiger partial charge in [-0.2, -0.15) is 5.10 Å². The average molecular weight is 533 g/mol. The summed E-state index contributed by atoms with van der Waals surface area (Å²) in [7, 11) is 3.49. The fourth-order valence-corrected chi connectivity index (χ4v) is 4.95. The van der Waals surface area contributed by atoms with Crippen molar-refractivity contribution < 1.29 is 19.0 Å². The van der Waals surface area contributed by atoms with E-state index in [-0.39, 0.29) is 12.9 Å². The second kappa shape index (κ2) is 10.00. The number of hydrogen-bond acceptors (Lipinski definition) is 8. The van der Waals surface area contributed by atoms with Gasteiger partial charge in [0, 0.05) is 57.0 Å². The molecule has 0 spiro atoms. The van der Waals surface area contributed by atoms with E-state index >= 15 is 0 Å². The number of ether oxygens (including phenoxy) is 3. The first-order chi connectivity index (χ1) is 18.4. The van der Waals surface area contributed by atoms with Gasteiger partial charge in [0.05, 0.1) is 27.8 Å². The predicted molar refractivity (Wildman–Crippen MR) is 151 cm³/mol. The van der Waals surface area contributed by atoms with Gasteiger partial charge in [0.1, 0.15) is 17.2 Å². The number of pyridine rings is 2. The number of aromatic nitrogens is 4. The molecule has 0 bridgehead atoms. The maximum absolute atomic E-state index is 12.8. The van der Waals surface area contributed by atoms with E-state index in [4.69, 9.17) is 24.2 Å². The molecule has 0 unspecified atom stereocenters. The summed E-state index contributed by atoms with van der Waals surface area (Å²) in [5.74, 6) is 1.51. The minimum Gasteiger partial charge on any atom is -0.467 e. The molecule has 39 heavy (non-hydrogen) atoms. The molecular weight excluding hydrogens is 496 g/mol. The molecule has 1 amide bonds. The highest BCUT2D eigenvalue weighted by molar-refractivity contribution is 5.89. The Bertz CT molecular complexity index is 1520. The van der Waals surface area contributed by atoms with Crippen LogP contribution in [0.4, 0.5) is 10.6 Å². The molecule has 4 aromatic rings.